The van der Waals surface area contributed by atoms with Gasteiger partial charge in [0.05, 0.1) is 6.54 Å². The van der Waals surface area contributed by atoms with Crippen molar-refractivity contribution in [3.05, 3.63) is 33.5 Å². The minimum atomic E-state index is -0.693. The lowest BCUT2D eigenvalue weighted by Gasteiger charge is -2.29. The van der Waals surface area contributed by atoms with Crippen LogP contribution in [0.4, 0.5) is 0 Å². The highest BCUT2D eigenvalue weighted by atomic mass is 32.1. The number of nitrogens with one attached hydrogen (secondary N) is 1. The molecule has 2 aromatic rings. The first-order valence-corrected chi connectivity index (χ1v) is 11.4. The molecule has 10 heteroatoms. The van der Waals surface area contributed by atoms with Gasteiger partial charge in [0.15, 0.2) is 0 Å². The van der Waals surface area contributed by atoms with Crippen LogP contribution < -0.4 is 0 Å². The molecule has 31 heavy (non-hydrogen) atoms. The van der Waals surface area contributed by atoms with Crippen molar-refractivity contribution in [1.82, 2.24) is 25.0 Å². The minimum absolute atomic E-state index is 0.0678. The minimum Gasteiger partial charge on any atom is -0.483 e. The van der Waals surface area contributed by atoms with Crippen LogP contribution in [0.1, 0.15) is 41.2 Å². The van der Waals surface area contributed by atoms with E-state index in [2.05, 4.69) is 51.0 Å². The predicted molar refractivity (Wildman–Crippen MR) is 117 cm³/mol. The lowest BCUT2D eigenvalue weighted by molar-refractivity contribution is -0.137. The number of nitrogens with zero attached hydrogens (tertiary/aromatic N) is 4. The third kappa shape index (κ3) is 5.90. The number of carboxylic acid groups (broad SMARTS) is 2. The fourth-order valence-electron chi connectivity index (χ4n) is 4.92. The van der Waals surface area contributed by atoms with E-state index in [1.165, 1.54) is 9.75 Å². The van der Waals surface area contributed by atoms with E-state index in [0.717, 1.165) is 63.8 Å². The van der Waals surface area contributed by atoms with Gasteiger partial charge in [-0.15, -0.1) is 11.3 Å². The Kier molecular flexibility index (Phi) is 7.79. The molecule has 0 aromatic carbocycles. The van der Waals surface area contributed by atoms with Gasteiger partial charge in [0, 0.05) is 60.7 Å². The van der Waals surface area contributed by atoms with E-state index in [9.17, 15) is 9.90 Å². The number of aromatic amines is 1. The number of likely N-dealkylation sites (tertiary alicyclic amines) is 2. The highest BCUT2D eigenvalue weighted by molar-refractivity contribution is 7.11. The van der Waals surface area contributed by atoms with E-state index in [-0.39, 0.29) is 18.3 Å². The highest BCUT2D eigenvalue weighted by Gasteiger charge is 2.52. The quantitative estimate of drug-likeness (QED) is 0.525. The molecular weight excluding hydrogens is 418 g/mol. The summed E-state index contributed by atoms with van der Waals surface area (Å²) in [6, 6.07) is 4.40. The Balaban J connectivity index is 0.000000858. The molecule has 2 aromatic heterocycles. The number of rotatable bonds is 8. The molecule has 2 unspecified atom stereocenters. The van der Waals surface area contributed by atoms with Gasteiger partial charge in [-0.2, -0.15) is 5.10 Å². The SMILES string of the molecule is CCc1n[nH]c(CN2CC3CN(Cc4ccc(C)s4)CC3(CCC(=O)O)C2)n1.O=CO. The molecule has 0 radical (unpaired) electrons. The first kappa shape index (κ1) is 23.4. The number of carbonyl (C=O) groups is 2. The summed E-state index contributed by atoms with van der Waals surface area (Å²) in [7, 11) is 0. The lowest BCUT2D eigenvalue weighted by atomic mass is 9.77. The summed E-state index contributed by atoms with van der Waals surface area (Å²) >= 11 is 1.86. The molecule has 2 atom stereocenters. The summed E-state index contributed by atoms with van der Waals surface area (Å²) < 4.78 is 0. The van der Waals surface area contributed by atoms with Crippen LogP contribution in [0.5, 0.6) is 0 Å². The zero-order valence-electron chi connectivity index (χ0n) is 18.1. The fourth-order valence-corrected chi connectivity index (χ4v) is 5.85. The number of hydrogen-bond donors (Lipinski definition) is 3. The number of fused-ring (bicyclic) bond motifs is 1. The van der Waals surface area contributed by atoms with Crippen LogP contribution in [0.15, 0.2) is 12.1 Å². The summed E-state index contributed by atoms with van der Waals surface area (Å²) in [4.78, 5) is 31.9. The largest absolute Gasteiger partial charge is 0.483 e. The number of H-pyrrole nitrogens is 1. The van der Waals surface area contributed by atoms with Crippen molar-refractivity contribution < 1.29 is 19.8 Å². The highest BCUT2D eigenvalue weighted by Crippen LogP contribution is 2.46. The van der Waals surface area contributed by atoms with Gasteiger partial charge < -0.3 is 10.2 Å². The molecular formula is C21H31N5O4S. The van der Waals surface area contributed by atoms with E-state index >= 15 is 0 Å². The van der Waals surface area contributed by atoms with Crippen LogP contribution >= 0.6 is 11.3 Å². The van der Waals surface area contributed by atoms with Crippen molar-refractivity contribution in [1.29, 1.82) is 0 Å². The molecule has 9 nitrogen and oxygen atoms in total. The van der Waals surface area contributed by atoms with Crippen molar-refractivity contribution in [3.8, 4) is 0 Å². The number of hydrogen-bond acceptors (Lipinski definition) is 7. The second-order valence-electron chi connectivity index (χ2n) is 8.46. The fraction of sp³-hybridized carbons (Fsp3) is 0.619. The van der Waals surface area contributed by atoms with Crippen LogP contribution in [0.25, 0.3) is 0 Å². The first-order valence-electron chi connectivity index (χ1n) is 10.6. The zero-order valence-corrected chi connectivity index (χ0v) is 18.9. The topological polar surface area (TPSA) is 123 Å². The summed E-state index contributed by atoms with van der Waals surface area (Å²) in [5.74, 6) is 1.59. The summed E-state index contributed by atoms with van der Waals surface area (Å²) in [5, 5.41) is 23.5. The molecule has 4 rings (SSSR count). The Morgan fingerprint density at radius 1 is 1.32 bits per heavy atom. The van der Waals surface area contributed by atoms with Crippen molar-refractivity contribution in [2.45, 2.75) is 46.2 Å². The maximum Gasteiger partial charge on any atom is 0.303 e. The average molecular weight is 450 g/mol. The monoisotopic (exact) mass is 449 g/mol. The summed E-state index contributed by atoms with van der Waals surface area (Å²) in [6.07, 6.45) is 1.83. The molecule has 2 aliphatic heterocycles. The van der Waals surface area contributed by atoms with E-state index in [1.807, 2.05) is 11.3 Å². The number of aryl methyl sites for hydroxylation is 2. The van der Waals surface area contributed by atoms with Crippen molar-refractivity contribution in [2.24, 2.45) is 11.3 Å². The second-order valence-corrected chi connectivity index (χ2v) is 9.83. The molecule has 0 spiro atoms. The number of carboxylic acids is 1. The summed E-state index contributed by atoms with van der Waals surface area (Å²) in [5.41, 5.74) is 0.0678. The van der Waals surface area contributed by atoms with Crippen LogP contribution in [-0.2, 0) is 29.1 Å². The maximum atomic E-state index is 11.3. The molecule has 4 heterocycles. The van der Waals surface area contributed by atoms with E-state index < -0.39 is 5.97 Å². The van der Waals surface area contributed by atoms with Crippen LogP contribution in [0.2, 0.25) is 0 Å². The van der Waals surface area contributed by atoms with Crippen LogP contribution in [-0.4, -0.2) is 73.8 Å². The maximum absolute atomic E-state index is 11.3. The van der Waals surface area contributed by atoms with E-state index in [1.54, 1.807) is 0 Å². The lowest BCUT2D eigenvalue weighted by Crippen LogP contribution is -2.34. The van der Waals surface area contributed by atoms with Gasteiger partial charge in [0.1, 0.15) is 11.6 Å². The Labute approximate surface area is 186 Å². The molecule has 3 N–H and O–H groups in total. The molecule has 0 saturated carbocycles. The molecule has 0 aliphatic carbocycles. The van der Waals surface area contributed by atoms with Crippen molar-refractivity contribution in [2.75, 3.05) is 26.2 Å². The van der Waals surface area contributed by atoms with Gasteiger partial charge in [-0.3, -0.25) is 24.5 Å². The molecule has 170 valence electrons. The molecule has 0 amide bonds. The number of aromatic nitrogens is 3. The van der Waals surface area contributed by atoms with E-state index in [0.29, 0.717) is 5.92 Å². The Bertz CT molecular complexity index is 885. The first-order chi connectivity index (χ1) is 14.9. The average Bonchev–Trinajstić information content (AvgIpc) is 3.45. The van der Waals surface area contributed by atoms with Gasteiger partial charge in [-0.1, -0.05) is 6.92 Å². The molecule has 0 bridgehead atoms. The standard InChI is InChI=1S/C20H29N5O2S.CH2O2/c1-3-17-21-18(23-22-17)11-25-9-15-8-24(10-16-5-4-14(2)28-16)12-20(15,13-25)7-6-19(26)27;2-1-3/h4-5,15H,3,6-13H2,1-2H3,(H,26,27)(H,21,22,23);1H,(H,2,3). The van der Waals surface area contributed by atoms with Crippen LogP contribution in [0.3, 0.4) is 0 Å². The van der Waals surface area contributed by atoms with E-state index in [4.69, 9.17) is 9.90 Å². The molecule has 2 saturated heterocycles. The number of thiophene rings is 1. The van der Waals surface area contributed by atoms with Crippen molar-refractivity contribution in [3.63, 3.8) is 0 Å². The normalized spacial score (nSPS) is 23.4. The van der Waals surface area contributed by atoms with Gasteiger partial charge >= 0.3 is 5.97 Å². The van der Waals surface area contributed by atoms with Crippen molar-refractivity contribution >= 4 is 23.8 Å². The number of aliphatic carboxylic acids is 1. The zero-order chi connectivity index (χ0) is 22.4. The molecule has 2 fully saturated rings. The Hall–Kier alpha value is -2.30. The van der Waals surface area contributed by atoms with Gasteiger partial charge in [-0.05, 0) is 31.4 Å². The predicted octanol–water partition coefficient (Wildman–Crippen LogP) is 2.24. The smallest absolute Gasteiger partial charge is 0.303 e. The van der Waals surface area contributed by atoms with Gasteiger partial charge in [0.25, 0.3) is 6.47 Å². The molecule has 2 aliphatic rings. The van der Waals surface area contributed by atoms with Gasteiger partial charge in [-0.25, -0.2) is 4.98 Å². The van der Waals surface area contributed by atoms with Crippen LogP contribution in [0, 0.1) is 18.3 Å². The Morgan fingerprint density at radius 3 is 2.55 bits per heavy atom. The summed E-state index contributed by atoms with van der Waals surface area (Å²) in [6.45, 7) is 9.66. The van der Waals surface area contributed by atoms with Gasteiger partial charge in [0.2, 0.25) is 0 Å². The third-order valence-corrected chi connectivity index (χ3v) is 7.17. The Morgan fingerprint density at radius 2 is 2.00 bits per heavy atom. The second kappa shape index (κ2) is 10.3. The third-order valence-electron chi connectivity index (χ3n) is 6.18.